The number of piperazine rings is 1. The van der Waals surface area contributed by atoms with E-state index in [4.69, 9.17) is 0 Å². The van der Waals surface area contributed by atoms with Gasteiger partial charge in [0.25, 0.3) is 5.69 Å². The summed E-state index contributed by atoms with van der Waals surface area (Å²) in [7, 11) is 0. The first kappa shape index (κ1) is 20.3. The summed E-state index contributed by atoms with van der Waals surface area (Å²) in [6, 6.07) is 9.06. The molecule has 2 heterocycles. The summed E-state index contributed by atoms with van der Waals surface area (Å²) in [5.74, 6) is -0.0763. The lowest BCUT2D eigenvalue weighted by Gasteiger charge is -2.35. The quantitative estimate of drug-likeness (QED) is 0.563. The first-order valence-corrected chi connectivity index (χ1v) is 10.9. The van der Waals surface area contributed by atoms with Gasteiger partial charge in [0.2, 0.25) is 5.91 Å². The maximum absolute atomic E-state index is 12.4. The summed E-state index contributed by atoms with van der Waals surface area (Å²) in [4.78, 5) is 28.8. The molecule has 0 spiro atoms. The number of nitro groups is 1. The van der Waals surface area contributed by atoms with Crippen LogP contribution in [0.25, 0.3) is 0 Å². The molecule has 1 aliphatic carbocycles. The fraction of sp³-hybridized carbons (Fsp3) is 0.429. The number of benzene rings is 1. The second kappa shape index (κ2) is 8.81. The average Bonchev–Trinajstić information content (AvgIpc) is 3.33. The van der Waals surface area contributed by atoms with Gasteiger partial charge in [-0.2, -0.15) is 5.26 Å². The fourth-order valence-corrected chi connectivity index (χ4v) is 5.41. The number of anilines is 2. The number of nitrogens with zero attached hydrogens (tertiary/aromatic N) is 4. The third kappa shape index (κ3) is 4.15. The van der Waals surface area contributed by atoms with Gasteiger partial charge in [0.05, 0.1) is 10.5 Å². The Hall–Kier alpha value is -2.96. The Balaban J connectivity index is 1.28. The standard InChI is InChI=1S/C21H23N5O3S/c22-14-16-15-4-3-7-19(15)30-21(16)23-20(27)8-9-24-10-12-25(13-11-24)17-5-1-2-6-18(17)26(28)29/h1-2,5-6H,3-4,7-13H2,(H,23,27). The van der Waals surface area contributed by atoms with E-state index in [1.54, 1.807) is 12.1 Å². The Morgan fingerprint density at radius 1 is 1.23 bits per heavy atom. The molecule has 4 rings (SSSR count). The van der Waals surface area contributed by atoms with Gasteiger partial charge in [-0.05, 0) is 30.9 Å². The van der Waals surface area contributed by atoms with Gasteiger partial charge in [-0.1, -0.05) is 12.1 Å². The number of nitriles is 1. The Labute approximate surface area is 178 Å². The van der Waals surface area contributed by atoms with Gasteiger partial charge in [0, 0.05) is 50.1 Å². The summed E-state index contributed by atoms with van der Waals surface area (Å²) >= 11 is 1.53. The van der Waals surface area contributed by atoms with Crippen LogP contribution < -0.4 is 10.2 Å². The van der Waals surface area contributed by atoms with Crippen LogP contribution in [-0.4, -0.2) is 48.5 Å². The molecule has 1 fully saturated rings. The molecule has 1 amide bonds. The van der Waals surface area contributed by atoms with Crippen molar-refractivity contribution in [3.63, 3.8) is 0 Å². The summed E-state index contributed by atoms with van der Waals surface area (Å²) in [6.07, 6.45) is 3.37. The molecule has 0 saturated carbocycles. The highest BCUT2D eigenvalue weighted by atomic mass is 32.1. The van der Waals surface area contributed by atoms with E-state index in [0.717, 1.165) is 37.9 Å². The Kier molecular flexibility index (Phi) is 5.97. The number of carbonyl (C=O) groups is 1. The number of carbonyl (C=O) groups excluding carboxylic acids is 1. The molecule has 9 heteroatoms. The predicted octanol–water partition coefficient (Wildman–Crippen LogP) is 3.17. The highest BCUT2D eigenvalue weighted by molar-refractivity contribution is 7.16. The predicted molar refractivity (Wildman–Crippen MR) is 116 cm³/mol. The largest absolute Gasteiger partial charge is 0.363 e. The number of thiophene rings is 1. The van der Waals surface area contributed by atoms with Crippen LogP contribution in [0.2, 0.25) is 0 Å². The van der Waals surface area contributed by atoms with Crippen LogP contribution >= 0.6 is 11.3 Å². The number of hydrogen-bond donors (Lipinski definition) is 1. The summed E-state index contributed by atoms with van der Waals surface area (Å²) in [5, 5.41) is 24.3. The van der Waals surface area contributed by atoms with Crippen molar-refractivity contribution in [2.75, 3.05) is 42.9 Å². The van der Waals surface area contributed by atoms with Crippen molar-refractivity contribution in [1.82, 2.24) is 4.90 Å². The van der Waals surface area contributed by atoms with Gasteiger partial charge in [-0.15, -0.1) is 11.3 Å². The molecule has 0 radical (unpaired) electrons. The number of nitrogens with one attached hydrogen (secondary N) is 1. The maximum atomic E-state index is 12.4. The Bertz CT molecular complexity index is 1000. The highest BCUT2D eigenvalue weighted by Gasteiger charge is 2.25. The van der Waals surface area contributed by atoms with E-state index in [0.29, 0.717) is 42.3 Å². The van der Waals surface area contributed by atoms with Crippen molar-refractivity contribution in [2.24, 2.45) is 0 Å². The van der Waals surface area contributed by atoms with Gasteiger partial charge in [0.15, 0.2) is 0 Å². The summed E-state index contributed by atoms with van der Waals surface area (Å²) in [6.45, 7) is 3.49. The van der Waals surface area contributed by atoms with Crippen LogP contribution in [0, 0.1) is 21.4 Å². The smallest absolute Gasteiger partial charge is 0.292 e. The minimum atomic E-state index is -0.345. The van der Waals surface area contributed by atoms with Crippen molar-refractivity contribution < 1.29 is 9.72 Å². The summed E-state index contributed by atoms with van der Waals surface area (Å²) in [5.41, 5.74) is 2.53. The first-order chi connectivity index (χ1) is 14.6. The Morgan fingerprint density at radius 2 is 2.00 bits per heavy atom. The van der Waals surface area contributed by atoms with E-state index in [1.165, 1.54) is 22.3 Å². The number of rotatable bonds is 6. The van der Waals surface area contributed by atoms with Crippen LogP contribution in [0.1, 0.15) is 28.8 Å². The molecule has 1 aromatic carbocycles. The molecule has 2 aromatic rings. The minimum absolute atomic E-state index is 0.0763. The van der Waals surface area contributed by atoms with E-state index in [9.17, 15) is 20.2 Å². The second-order valence-electron chi connectivity index (χ2n) is 7.55. The minimum Gasteiger partial charge on any atom is -0.363 e. The average molecular weight is 426 g/mol. The van der Waals surface area contributed by atoms with Crippen LogP contribution in [0.4, 0.5) is 16.4 Å². The molecule has 2 aliphatic rings. The topological polar surface area (TPSA) is 103 Å². The normalized spacial score (nSPS) is 16.2. The molecule has 156 valence electrons. The van der Waals surface area contributed by atoms with Gasteiger partial charge in [-0.25, -0.2) is 0 Å². The highest BCUT2D eigenvalue weighted by Crippen LogP contribution is 2.38. The zero-order chi connectivity index (χ0) is 21.1. The van der Waals surface area contributed by atoms with Crippen LogP contribution in [-0.2, 0) is 17.6 Å². The zero-order valence-corrected chi connectivity index (χ0v) is 17.4. The van der Waals surface area contributed by atoms with Gasteiger partial charge in [0.1, 0.15) is 16.8 Å². The molecule has 0 atom stereocenters. The molecule has 1 aliphatic heterocycles. The molecule has 1 N–H and O–H groups in total. The van der Waals surface area contributed by atoms with E-state index >= 15 is 0 Å². The monoisotopic (exact) mass is 425 g/mol. The number of hydrogen-bond acceptors (Lipinski definition) is 7. The van der Waals surface area contributed by atoms with Crippen molar-refractivity contribution in [2.45, 2.75) is 25.7 Å². The molecule has 0 bridgehead atoms. The van der Waals surface area contributed by atoms with Crippen LogP contribution in [0.3, 0.4) is 0 Å². The molecule has 30 heavy (non-hydrogen) atoms. The SMILES string of the molecule is N#Cc1c(NC(=O)CCN2CCN(c3ccccc3[N+](=O)[O-])CC2)sc2c1CCC2. The number of nitro benzene ring substituents is 1. The molecular weight excluding hydrogens is 402 g/mol. The van der Waals surface area contributed by atoms with Gasteiger partial charge >= 0.3 is 0 Å². The number of aryl methyl sites for hydroxylation is 1. The zero-order valence-electron chi connectivity index (χ0n) is 16.6. The number of fused-ring (bicyclic) bond motifs is 1. The molecule has 8 nitrogen and oxygen atoms in total. The van der Waals surface area contributed by atoms with E-state index in [1.807, 2.05) is 11.0 Å². The second-order valence-corrected chi connectivity index (χ2v) is 8.65. The van der Waals surface area contributed by atoms with Crippen molar-refractivity contribution in [3.8, 4) is 6.07 Å². The lowest BCUT2D eigenvalue weighted by molar-refractivity contribution is -0.384. The van der Waals surface area contributed by atoms with Crippen LogP contribution in [0.5, 0.6) is 0 Å². The lowest BCUT2D eigenvalue weighted by atomic mass is 10.1. The molecular formula is C21H23N5O3S. The van der Waals surface area contributed by atoms with E-state index < -0.39 is 0 Å². The summed E-state index contributed by atoms with van der Waals surface area (Å²) < 4.78 is 0. The van der Waals surface area contributed by atoms with E-state index in [-0.39, 0.29) is 16.5 Å². The van der Waals surface area contributed by atoms with Crippen LogP contribution in [0.15, 0.2) is 24.3 Å². The maximum Gasteiger partial charge on any atom is 0.292 e. The van der Waals surface area contributed by atoms with E-state index in [2.05, 4.69) is 16.3 Å². The third-order valence-electron chi connectivity index (χ3n) is 5.73. The third-order valence-corrected chi connectivity index (χ3v) is 6.94. The number of amides is 1. The van der Waals surface area contributed by atoms with Crippen molar-refractivity contribution in [1.29, 1.82) is 5.26 Å². The van der Waals surface area contributed by atoms with Crippen molar-refractivity contribution >= 4 is 33.6 Å². The molecule has 1 aromatic heterocycles. The van der Waals surface area contributed by atoms with Gasteiger partial charge < -0.3 is 10.2 Å². The van der Waals surface area contributed by atoms with Crippen molar-refractivity contribution in [3.05, 3.63) is 50.4 Å². The lowest BCUT2D eigenvalue weighted by Crippen LogP contribution is -2.47. The Morgan fingerprint density at radius 3 is 2.73 bits per heavy atom. The molecule has 1 saturated heterocycles. The molecule has 0 unspecified atom stereocenters. The first-order valence-electron chi connectivity index (χ1n) is 10.1. The fourth-order valence-electron chi connectivity index (χ4n) is 4.16. The number of para-hydroxylation sites is 2. The van der Waals surface area contributed by atoms with Gasteiger partial charge in [-0.3, -0.25) is 19.8 Å².